The Balaban J connectivity index is 2.34. The van der Waals surface area contributed by atoms with Crippen molar-refractivity contribution in [3.8, 4) is 5.75 Å². The monoisotopic (exact) mass is 255 g/mol. The fourth-order valence-electron chi connectivity index (χ4n) is 2.12. The predicted octanol–water partition coefficient (Wildman–Crippen LogP) is 1.97. The van der Waals surface area contributed by atoms with Crippen molar-refractivity contribution in [2.75, 3.05) is 7.11 Å². The van der Waals surface area contributed by atoms with Crippen molar-refractivity contribution in [2.24, 2.45) is 0 Å². The van der Waals surface area contributed by atoms with E-state index in [2.05, 4.69) is 0 Å². The van der Waals surface area contributed by atoms with E-state index in [1.165, 1.54) is 0 Å². The zero-order valence-electron chi connectivity index (χ0n) is 10.7. The zero-order chi connectivity index (χ0) is 13.7. The summed E-state index contributed by atoms with van der Waals surface area (Å²) in [7, 11) is 1.60. The second-order valence-corrected chi connectivity index (χ2v) is 4.31. The number of hydrogen-bond donors (Lipinski definition) is 0. The minimum Gasteiger partial charge on any atom is -0.550 e. The molecule has 0 aliphatic heterocycles. The van der Waals surface area contributed by atoms with Gasteiger partial charge in [0.1, 0.15) is 5.75 Å². The predicted molar refractivity (Wildman–Crippen MR) is 70.9 cm³/mol. The van der Waals surface area contributed by atoms with Crippen LogP contribution in [0.2, 0.25) is 0 Å². The average molecular weight is 255 g/mol. The molecule has 0 fully saturated rings. The Morgan fingerprint density at radius 1 is 1.05 bits per heavy atom. The maximum absolute atomic E-state index is 10.9. The molecule has 1 atom stereocenters. The summed E-state index contributed by atoms with van der Waals surface area (Å²) in [6, 6.07) is 17.0. The molecule has 0 bridgehead atoms. The van der Waals surface area contributed by atoms with Gasteiger partial charge in [-0.3, -0.25) is 0 Å². The van der Waals surface area contributed by atoms with Crippen molar-refractivity contribution in [3.05, 3.63) is 65.7 Å². The van der Waals surface area contributed by atoms with Gasteiger partial charge in [0.15, 0.2) is 0 Å². The van der Waals surface area contributed by atoms with Gasteiger partial charge < -0.3 is 14.6 Å². The van der Waals surface area contributed by atoms with Crippen LogP contribution in [0, 0.1) is 0 Å². The van der Waals surface area contributed by atoms with E-state index >= 15 is 0 Å². The number of methoxy groups -OCH3 is 1. The highest BCUT2D eigenvalue weighted by molar-refractivity contribution is 5.66. The molecule has 0 amide bonds. The van der Waals surface area contributed by atoms with E-state index in [-0.39, 0.29) is 12.3 Å². The highest BCUT2D eigenvalue weighted by Gasteiger charge is 2.14. The van der Waals surface area contributed by atoms with Crippen molar-refractivity contribution in [1.82, 2.24) is 0 Å². The maximum atomic E-state index is 10.9. The van der Waals surface area contributed by atoms with Gasteiger partial charge in [-0.2, -0.15) is 0 Å². The van der Waals surface area contributed by atoms with Crippen molar-refractivity contribution < 1.29 is 14.6 Å². The Hall–Kier alpha value is -2.29. The molecule has 3 nitrogen and oxygen atoms in total. The van der Waals surface area contributed by atoms with Crippen molar-refractivity contribution in [1.29, 1.82) is 0 Å². The van der Waals surface area contributed by atoms with Crippen LogP contribution in [0.25, 0.3) is 0 Å². The summed E-state index contributed by atoms with van der Waals surface area (Å²) in [4.78, 5) is 10.9. The van der Waals surface area contributed by atoms with Gasteiger partial charge in [0, 0.05) is 11.9 Å². The molecule has 19 heavy (non-hydrogen) atoms. The van der Waals surface area contributed by atoms with Gasteiger partial charge in [0.25, 0.3) is 0 Å². The van der Waals surface area contributed by atoms with E-state index in [0.29, 0.717) is 0 Å². The fraction of sp³-hybridized carbons (Fsp3) is 0.188. The molecule has 2 aromatic rings. The first-order valence-corrected chi connectivity index (χ1v) is 6.09. The Kier molecular flexibility index (Phi) is 4.18. The Morgan fingerprint density at radius 2 is 1.63 bits per heavy atom. The van der Waals surface area contributed by atoms with Crippen LogP contribution in [0.3, 0.4) is 0 Å². The van der Waals surface area contributed by atoms with Crippen LogP contribution in [-0.4, -0.2) is 13.1 Å². The molecular formula is C16H15O3-. The number of rotatable bonds is 5. The third-order valence-electron chi connectivity index (χ3n) is 3.09. The Morgan fingerprint density at radius 3 is 2.16 bits per heavy atom. The molecule has 2 aromatic carbocycles. The number of aliphatic carboxylic acids is 1. The Labute approximate surface area is 112 Å². The van der Waals surface area contributed by atoms with E-state index < -0.39 is 5.97 Å². The second-order valence-electron chi connectivity index (χ2n) is 4.31. The lowest BCUT2D eigenvalue weighted by atomic mass is 9.88. The standard InChI is InChI=1S/C16H16O3/c1-19-14-9-7-13(8-10-14)15(11-16(17)18)12-5-3-2-4-6-12/h2-10,15H,11H2,1H3,(H,17,18)/p-1/t15-/m0/s1. The van der Waals surface area contributed by atoms with Gasteiger partial charge in [-0.25, -0.2) is 0 Å². The van der Waals surface area contributed by atoms with E-state index in [1.54, 1.807) is 7.11 Å². The van der Waals surface area contributed by atoms with E-state index in [9.17, 15) is 9.90 Å². The fourth-order valence-corrected chi connectivity index (χ4v) is 2.12. The van der Waals surface area contributed by atoms with E-state index in [0.717, 1.165) is 16.9 Å². The molecule has 0 spiro atoms. The van der Waals surface area contributed by atoms with Gasteiger partial charge in [-0.1, -0.05) is 42.5 Å². The van der Waals surface area contributed by atoms with Crippen LogP contribution in [0.4, 0.5) is 0 Å². The molecule has 0 heterocycles. The van der Waals surface area contributed by atoms with E-state index in [1.807, 2.05) is 54.6 Å². The lowest BCUT2D eigenvalue weighted by molar-refractivity contribution is -0.305. The number of carbonyl (C=O) groups excluding carboxylic acids is 1. The van der Waals surface area contributed by atoms with Gasteiger partial charge in [0.2, 0.25) is 0 Å². The average Bonchev–Trinajstić information content (AvgIpc) is 2.46. The molecule has 3 heteroatoms. The number of ether oxygens (including phenoxy) is 1. The molecule has 0 radical (unpaired) electrons. The molecule has 0 saturated heterocycles. The highest BCUT2D eigenvalue weighted by atomic mass is 16.5. The summed E-state index contributed by atoms with van der Waals surface area (Å²) in [6.45, 7) is 0. The smallest absolute Gasteiger partial charge is 0.118 e. The Bertz CT molecular complexity index is 532. The number of benzene rings is 2. The van der Waals surface area contributed by atoms with Crippen LogP contribution >= 0.6 is 0 Å². The normalized spacial score (nSPS) is 11.8. The molecule has 0 aliphatic rings. The van der Waals surface area contributed by atoms with Crippen LogP contribution in [0.1, 0.15) is 23.5 Å². The third-order valence-corrected chi connectivity index (χ3v) is 3.09. The molecule has 0 saturated carbocycles. The quantitative estimate of drug-likeness (QED) is 0.820. The van der Waals surface area contributed by atoms with Crippen LogP contribution in [-0.2, 0) is 4.79 Å². The van der Waals surface area contributed by atoms with Crippen molar-refractivity contribution in [2.45, 2.75) is 12.3 Å². The number of carboxylic acid groups (broad SMARTS) is 1. The van der Waals surface area contributed by atoms with Gasteiger partial charge >= 0.3 is 0 Å². The SMILES string of the molecule is COc1ccc([C@@H](CC(=O)[O-])c2ccccc2)cc1. The number of carboxylic acids is 1. The van der Waals surface area contributed by atoms with Crippen LogP contribution in [0.15, 0.2) is 54.6 Å². The van der Waals surface area contributed by atoms with Crippen LogP contribution in [0.5, 0.6) is 5.75 Å². The van der Waals surface area contributed by atoms with Gasteiger partial charge in [-0.05, 0) is 29.7 Å². The minimum absolute atomic E-state index is 0.0314. The summed E-state index contributed by atoms with van der Waals surface area (Å²) in [5, 5.41) is 10.9. The topological polar surface area (TPSA) is 49.4 Å². The summed E-state index contributed by atoms with van der Waals surface area (Å²) in [5.41, 5.74) is 1.91. The lowest BCUT2D eigenvalue weighted by Crippen LogP contribution is -2.24. The third kappa shape index (κ3) is 3.35. The minimum atomic E-state index is -1.05. The molecule has 0 aromatic heterocycles. The summed E-state index contributed by atoms with van der Waals surface area (Å²) in [5.74, 6) is -0.495. The lowest BCUT2D eigenvalue weighted by Gasteiger charge is -2.18. The van der Waals surface area contributed by atoms with Crippen molar-refractivity contribution in [3.63, 3.8) is 0 Å². The molecule has 0 N–H and O–H groups in total. The molecular weight excluding hydrogens is 240 g/mol. The summed E-state index contributed by atoms with van der Waals surface area (Å²) < 4.78 is 5.11. The van der Waals surface area contributed by atoms with E-state index in [4.69, 9.17) is 4.74 Å². The second kappa shape index (κ2) is 6.05. The maximum Gasteiger partial charge on any atom is 0.118 e. The first kappa shape index (κ1) is 13.1. The highest BCUT2D eigenvalue weighted by Crippen LogP contribution is 2.28. The summed E-state index contributed by atoms with van der Waals surface area (Å²) in [6.07, 6.45) is -0.0314. The molecule has 2 rings (SSSR count). The van der Waals surface area contributed by atoms with Crippen molar-refractivity contribution >= 4 is 5.97 Å². The van der Waals surface area contributed by atoms with Gasteiger partial charge in [0.05, 0.1) is 7.11 Å². The largest absolute Gasteiger partial charge is 0.550 e. The number of carbonyl (C=O) groups is 1. The first-order valence-electron chi connectivity index (χ1n) is 6.09. The van der Waals surface area contributed by atoms with Gasteiger partial charge in [-0.15, -0.1) is 0 Å². The molecule has 0 unspecified atom stereocenters. The number of hydrogen-bond acceptors (Lipinski definition) is 3. The zero-order valence-corrected chi connectivity index (χ0v) is 10.7. The first-order chi connectivity index (χ1) is 9.20. The molecule has 98 valence electrons. The van der Waals surface area contributed by atoms with Crippen LogP contribution < -0.4 is 9.84 Å². The summed E-state index contributed by atoms with van der Waals surface area (Å²) >= 11 is 0. The molecule has 0 aliphatic carbocycles.